The first-order valence-electron chi connectivity index (χ1n) is 5.11. The molecule has 1 aromatic carbocycles. The second kappa shape index (κ2) is 4.66. The minimum absolute atomic E-state index is 0.0704. The van der Waals surface area contributed by atoms with Gasteiger partial charge in [-0.25, -0.2) is 0 Å². The van der Waals surface area contributed by atoms with E-state index in [0.717, 1.165) is 0 Å². The summed E-state index contributed by atoms with van der Waals surface area (Å²) in [6, 6.07) is 5.76. The standard InChI is InChI=1S/C11H10N4O3/c1-14-7-8(6-12-14)11(16)13-9-3-2-4-10(5-9)15(17)18/h2-7H,1H3,(H,13,16). The summed E-state index contributed by atoms with van der Waals surface area (Å²) in [4.78, 5) is 21.9. The number of non-ortho nitro benzene ring substituents is 1. The summed E-state index contributed by atoms with van der Waals surface area (Å²) in [5, 5.41) is 17.0. The molecule has 1 N–H and O–H groups in total. The molecule has 0 aliphatic heterocycles. The molecule has 1 heterocycles. The van der Waals surface area contributed by atoms with Gasteiger partial charge in [0.2, 0.25) is 0 Å². The van der Waals surface area contributed by atoms with Gasteiger partial charge in [0.15, 0.2) is 0 Å². The molecule has 0 unspecified atom stereocenters. The fraction of sp³-hybridized carbons (Fsp3) is 0.0909. The minimum atomic E-state index is -0.514. The smallest absolute Gasteiger partial charge is 0.271 e. The number of carbonyl (C=O) groups is 1. The van der Waals surface area contributed by atoms with E-state index in [9.17, 15) is 14.9 Å². The van der Waals surface area contributed by atoms with Crippen molar-refractivity contribution >= 4 is 17.3 Å². The monoisotopic (exact) mass is 246 g/mol. The number of hydrogen-bond donors (Lipinski definition) is 1. The van der Waals surface area contributed by atoms with Crippen LogP contribution >= 0.6 is 0 Å². The van der Waals surface area contributed by atoms with Crippen LogP contribution < -0.4 is 5.32 Å². The molecule has 0 aliphatic rings. The van der Waals surface area contributed by atoms with Crippen LogP contribution in [-0.2, 0) is 7.05 Å². The van der Waals surface area contributed by atoms with Crippen LogP contribution in [0.2, 0.25) is 0 Å². The van der Waals surface area contributed by atoms with Crippen molar-refractivity contribution in [2.75, 3.05) is 5.32 Å². The lowest BCUT2D eigenvalue weighted by atomic mass is 10.2. The van der Waals surface area contributed by atoms with E-state index in [1.54, 1.807) is 19.3 Å². The van der Waals surface area contributed by atoms with Crippen LogP contribution in [0.1, 0.15) is 10.4 Å². The SMILES string of the molecule is Cn1cc(C(=O)Nc2cccc([N+](=O)[O-])c2)cn1. The van der Waals surface area contributed by atoms with E-state index in [2.05, 4.69) is 10.4 Å². The number of rotatable bonds is 3. The molecular formula is C11H10N4O3. The van der Waals surface area contributed by atoms with Gasteiger partial charge in [-0.05, 0) is 6.07 Å². The van der Waals surface area contributed by atoms with Crippen LogP contribution in [0.25, 0.3) is 0 Å². The van der Waals surface area contributed by atoms with Crippen molar-refractivity contribution in [1.82, 2.24) is 9.78 Å². The highest BCUT2D eigenvalue weighted by molar-refractivity contribution is 6.04. The van der Waals surface area contributed by atoms with Crippen LogP contribution in [0, 0.1) is 10.1 Å². The Morgan fingerprint density at radius 2 is 2.28 bits per heavy atom. The molecule has 0 fully saturated rings. The molecule has 0 saturated carbocycles. The number of benzene rings is 1. The number of aryl methyl sites for hydroxylation is 1. The first-order valence-corrected chi connectivity index (χ1v) is 5.11. The average molecular weight is 246 g/mol. The van der Waals surface area contributed by atoms with Gasteiger partial charge >= 0.3 is 0 Å². The molecular weight excluding hydrogens is 236 g/mol. The summed E-state index contributed by atoms with van der Waals surface area (Å²) in [5.41, 5.74) is 0.695. The summed E-state index contributed by atoms with van der Waals surface area (Å²) >= 11 is 0. The van der Waals surface area contributed by atoms with Gasteiger partial charge in [-0.1, -0.05) is 6.07 Å². The highest BCUT2D eigenvalue weighted by atomic mass is 16.6. The Hall–Kier alpha value is -2.70. The molecule has 92 valence electrons. The Labute approximate surface area is 102 Å². The van der Waals surface area contributed by atoms with E-state index in [1.165, 1.54) is 29.1 Å². The van der Waals surface area contributed by atoms with Gasteiger partial charge in [0.05, 0.1) is 16.7 Å². The van der Waals surface area contributed by atoms with E-state index < -0.39 is 4.92 Å². The molecule has 1 aromatic heterocycles. The van der Waals surface area contributed by atoms with E-state index in [1.807, 2.05) is 0 Å². The van der Waals surface area contributed by atoms with E-state index in [-0.39, 0.29) is 11.6 Å². The van der Waals surface area contributed by atoms with Crippen molar-refractivity contribution in [1.29, 1.82) is 0 Å². The average Bonchev–Trinajstić information content (AvgIpc) is 2.76. The third kappa shape index (κ3) is 2.51. The Morgan fingerprint density at radius 3 is 2.89 bits per heavy atom. The second-order valence-electron chi connectivity index (χ2n) is 3.66. The van der Waals surface area contributed by atoms with Gasteiger partial charge in [-0.15, -0.1) is 0 Å². The van der Waals surface area contributed by atoms with Crippen LogP contribution in [0.5, 0.6) is 0 Å². The molecule has 0 radical (unpaired) electrons. The quantitative estimate of drug-likeness (QED) is 0.657. The van der Waals surface area contributed by atoms with Gasteiger partial charge in [0.25, 0.3) is 11.6 Å². The van der Waals surface area contributed by atoms with Crippen molar-refractivity contribution in [3.05, 3.63) is 52.3 Å². The number of nitrogens with zero attached hydrogens (tertiary/aromatic N) is 3. The van der Waals surface area contributed by atoms with Crippen molar-refractivity contribution in [3.8, 4) is 0 Å². The topological polar surface area (TPSA) is 90.1 Å². The Kier molecular flexibility index (Phi) is 3.05. The second-order valence-corrected chi connectivity index (χ2v) is 3.66. The maximum absolute atomic E-state index is 11.8. The lowest BCUT2D eigenvalue weighted by Crippen LogP contribution is -2.11. The van der Waals surface area contributed by atoms with Gasteiger partial charge in [0, 0.05) is 31.1 Å². The summed E-state index contributed by atoms with van der Waals surface area (Å²) in [5.74, 6) is -0.358. The normalized spacial score (nSPS) is 10.1. The summed E-state index contributed by atoms with van der Waals surface area (Å²) in [6.45, 7) is 0. The molecule has 18 heavy (non-hydrogen) atoms. The lowest BCUT2D eigenvalue weighted by Gasteiger charge is -2.02. The number of nitro benzene ring substituents is 1. The first kappa shape index (κ1) is 11.8. The predicted molar refractivity (Wildman–Crippen MR) is 64.3 cm³/mol. The molecule has 0 atom stereocenters. The zero-order chi connectivity index (χ0) is 13.1. The number of hydrogen-bond acceptors (Lipinski definition) is 4. The number of anilines is 1. The van der Waals surface area contributed by atoms with Crippen LogP contribution in [-0.4, -0.2) is 20.6 Å². The van der Waals surface area contributed by atoms with Crippen molar-refractivity contribution in [3.63, 3.8) is 0 Å². The predicted octanol–water partition coefficient (Wildman–Crippen LogP) is 1.58. The zero-order valence-corrected chi connectivity index (χ0v) is 9.53. The fourth-order valence-electron chi connectivity index (χ4n) is 1.44. The minimum Gasteiger partial charge on any atom is -0.322 e. The van der Waals surface area contributed by atoms with Crippen molar-refractivity contribution in [2.24, 2.45) is 7.05 Å². The van der Waals surface area contributed by atoms with Gasteiger partial charge in [-0.2, -0.15) is 5.10 Å². The Bertz CT molecular complexity index is 606. The maximum atomic E-state index is 11.8. The maximum Gasteiger partial charge on any atom is 0.271 e. The van der Waals surface area contributed by atoms with Crippen molar-refractivity contribution in [2.45, 2.75) is 0 Å². The molecule has 7 nitrogen and oxygen atoms in total. The van der Waals surface area contributed by atoms with E-state index >= 15 is 0 Å². The number of amides is 1. The van der Waals surface area contributed by atoms with Crippen LogP contribution in [0.4, 0.5) is 11.4 Å². The summed E-state index contributed by atoms with van der Waals surface area (Å²) in [6.07, 6.45) is 2.99. The molecule has 2 aromatic rings. The van der Waals surface area contributed by atoms with E-state index in [0.29, 0.717) is 11.3 Å². The third-order valence-corrected chi connectivity index (χ3v) is 2.28. The van der Waals surface area contributed by atoms with Crippen LogP contribution in [0.15, 0.2) is 36.7 Å². The Morgan fingerprint density at radius 1 is 1.50 bits per heavy atom. The first-order chi connectivity index (χ1) is 8.56. The third-order valence-electron chi connectivity index (χ3n) is 2.28. The highest BCUT2D eigenvalue weighted by Crippen LogP contribution is 2.17. The Balaban J connectivity index is 2.16. The lowest BCUT2D eigenvalue weighted by molar-refractivity contribution is -0.384. The highest BCUT2D eigenvalue weighted by Gasteiger charge is 2.10. The molecule has 0 spiro atoms. The number of aromatic nitrogens is 2. The van der Waals surface area contributed by atoms with Gasteiger partial charge in [-0.3, -0.25) is 19.6 Å². The molecule has 2 rings (SSSR count). The van der Waals surface area contributed by atoms with Gasteiger partial charge in [0.1, 0.15) is 0 Å². The van der Waals surface area contributed by atoms with Gasteiger partial charge < -0.3 is 5.32 Å². The number of carbonyl (C=O) groups excluding carboxylic acids is 1. The largest absolute Gasteiger partial charge is 0.322 e. The summed E-state index contributed by atoms with van der Waals surface area (Å²) < 4.78 is 1.50. The van der Waals surface area contributed by atoms with E-state index in [4.69, 9.17) is 0 Å². The molecule has 1 amide bonds. The zero-order valence-electron chi connectivity index (χ0n) is 9.53. The number of nitro groups is 1. The molecule has 0 bridgehead atoms. The molecule has 7 heteroatoms. The van der Waals surface area contributed by atoms with Crippen molar-refractivity contribution < 1.29 is 9.72 Å². The molecule has 0 saturated heterocycles. The fourth-order valence-corrected chi connectivity index (χ4v) is 1.44. The number of nitrogens with one attached hydrogen (secondary N) is 1. The summed E-state index contributed by atoms with van der Waals surface area (Å²) in [7, 11) is 1.70. The van der Waals surface area contributed by atoms with Crippen LogP contribution in [0.3, 0.4) is 0 Å². The molecule has 0 aliphatic carbocycles.